The van der Waals surface area contributed by atoms with Crippen LogP contribution >= 0.6 is 22.9 Å². The molecule has 0 saturated heterocycles. The van der Waals surface area contributed by atoms with Gasteiger partial charge in [-0.1, -0.05) is 11.6 Å². The lowest BCUT2D eigenvalue weighted by atomic mass is 10.2. The van der Waals surface area contributed by atoms with Gasteiger partial charge >= 0.3 is 0 Å². The van der Waals surface area contributed by atoms with Crippen LogP contribution in [0.15, 0.2) is 29.0 Å². The number of halogens is 1. The van der Waals surface area contributed by atoms with E-state index in [2.05, 4.69) is 22.1 Å². The number of hydrogen-bond acceptors (Lipinski definition) is 4. The second-order valence-corrected chi connectivity index (χ2v) is 5.23. The number of nitrogens with one attached hydrogen (secondary N) is 1. The van der Waals surface area contributed by atoms with E-state index >= 15 is 0 Å². The fraction of sp³-hybridized carbons (Fsp3) is 0.231. The van der Waals surface area contributed by atoms with E-state index in [1.807, 2.05) is 12.1 Å². The Morgan fingerprint density at radius 1 is 1.22 bits per heavy atom. The van der Waals surface area contributed by atoms with Crippen LogP contribution in [0.1, 0.15) is 11.1 Å². The van der Waals surface area contributed by atoms with Gasteiger partial charge in [-0.25, -0.2) is 0 Å². The Labute approximate surface area is 114 Å². The lowest BCUT2D eigenvalue weighted by Gasteiger charge is -2.06. The summed E-state index contributed by atoms with van der Waals surface area (Å²) in [6.07, 6.45) is 0. The number of hydrogen-bond donors (Lipinski definition) is 1. The molecule has 1 N–H and O–H groups in total. The molecule has 1 aromatic carbocycles. The van der Waals surface area contributed by atoms with Crippen LogP contribution in [0.25, 0.3) is 0 Å². The van der Waals surface area contributed by atoms with E-state index in [-0.39, 0.29) is 6.79 Å². The summed E-state index contributed by atoms with van der Waals surface area (Å²) in [4.78, 5) is 0. The predicted molar refractivity (Wildman–Crippen MR) is 72.4 cm³/mol. The Kier molecular flexibility index (Phi) is 3.41. The van der Waals surface area contributed by atoms with Gasteiger partial charge in [-0.05, 0) is 40.1 Å². The van der Waals surface area contributed by atoms with Crippen LogP contribution in [0, 0.1) is 0 Å². The number of benzene rings is 1. The SMILES string of the molecule is Clc1cc(CNCc2ccsc2)cc2c1OCO2. The molecular formula is C13H12ClNO2S. The predicted octanol–water partition coefficient (Wildman–Crippen LogP) is 3.42. The molecule has 0 atom stereocenters. The first-order valence-corrected chi connectivity index (χ1v) is 6.95. The van der Waals surface area contributed by atoms with E-state index in [1.165, 1.54) is 5.56 Å². The lowest BCUT2D eigenvalue weighted by molar-refractivity contribution is 0.174. The maximum atomic E-state index is 6.12. The van der Waals surface area contributed by atoms with Crippen molar-refractivity contribution >= 4 is 22.9 Å². The third-order valence-corrected chi connectivity index (χ3v) is 3.74. The average molecular weight is 282 g/mol. The van der Waals surface area contributed by atoms with Gasteiger partial charge in [-0.2, -0.15) is 11.3 Å². The maximum absolute atomic E-state index is 6.12. The Balaban J connectivity index is 1.65. The Hall–Kier alpha value is -1.23. The smallest absolute Gasteiger partial charge is 0.231 e. The molecule has 0 bridgehead atoms. The van der Waals surface area contributed by atoms with E-state index < -0.39 is 0 Å². The van der Waals surface area contributed by atoms with Gasteiger partial charge in [-0.3, -0.25) is 0 Å². The molecule has 0 fully saturated rings. The quantitative estimate of drug-likeness (QED) is 0.931. The fourth-order valence-corrected chi connectivity index (χ4v) is 2.82. The molecule has 1 aromatic heterocycles. The first-order valence-electron chi connectivity index (χ1n) is 5.63. The van der Waals surface area contributed by atoms with Crippen LogP contribution in [0.2, 0.25) is 5.02 Å². The zero-order valence-electron chi connectivity index (χ0n) is 9.61. The van der Waals surface area contributed by atoms with Gasteiger partial charge in [0.05, 0.1) is 5.02 Å². The van der Waals surface area contributed by atoms with Crippen molar-refractivity contribution in [2.24, 2.45) is 0 Å². The molecule has 3 nitrogen and oxygen atoms in total. The molecule has 0 unspecified atom stereocenters. The number of rotatable bonds is 4. The van der Waals surface area contributed by atoms with Crippen molar-refractivity contribution in [1.29, 1.82) is 0 Å². The van der Waals surface area contributed by atoms with Crippen molar-refractivity contribution in [3.05, 3.63) is 45.1 Å². The standard InChI is InChI=1S/C13H12ClNO2S/c14-11-3-10(4-12-13(11)17-8-16-12)6-15-5-9-1-2-18-7-9/h1-4,7,15H,5-6,8H2. The van der Waals surface area contributed by atoms with Crippen molar-refractivity contribution in [3.63, 3.8) is 0 Å². The fourth-order valence-electron chi connectivity index (χ4n) is 1.87. The van der Waals surface area contributed by atoms with Crippen LogP contribution in [-0.4, -0.2) is 6.79 Å². The summed E-state index contributed by atoms with van der Waals surface area (Å²) in [5.41, 5.74) is 2.39. The zero-order chi connectivity index (χ0) is 12.4. The van der Waals surface area contributed by atoms with E-state index in [1.54, 1.807) is 11.3 Å². The van der Waals surface area contributed by atoms with E-state index in [4.69, 9.17) is 21.1 Å². The van der Waals surface area contributed by atoms with Gasteiger partial charge in [-0.15, -0.1) is 0 Å². The maximum Gasteiger partial charge on any atom is 0.231 e. The van der Waals surface area contributed by atoms with E-state index in [9.17, 15) is 0 Å². The van der Waals surface area contributed by atoms with Crippen molar-refractivity contribution in [3.8, 4) is 11.5 Å². The molecule has 0 aliphatic carbocycles. The summed E-state index contributed by atoms with van der Waals surface area (Å²) in [5.74, 6) is 1.38. The highest BCUT2D eigenvalue weighted by atomic mass is 35.5. The second-order valence-electron chi connectivity index (χ2n) is 4.05. The molecular weight excluding hydrogens is 270 g/mol. The van der Waals surface area contributed by atoms with Gasteiger partial charge in [0.2, 0.25) is 6.79 Å². The molecule has 5 heteroatoms. The minimum Gasteiger partial charge on any atom is -0.454 e. The van der Waals surface area contributed by atoms with Crippen LogP contribution in [0.5, 0.6) is 11.5 Å². The van der Waals surface area contributed by atoms with Gasteiger partial charge < -0.3 is 14.8 Å². The normalized spacial score (nSPS) is 12.9. The Morgan fingerprint density at radius 3 is 2.94 bits per heavy atom. The molecule has 1 aliphatic heterocycles. The minimum atomic E-state index is 0.251. The molecule has 94 valence electrons. The summed E-state index contributed by atoms with van der Waals surface area (Å²) in [5, 5.41) is 8.20. The number of fused-ring (bicyclic) bond motifs is 1. The van der Waals surface area contributed by atoms with Crippen molar-refractivity contribution in [1.82, 2.24) is 5.32 Å². The summed E-state index contributed by atoms with van der Waals surface area (Å²) < 4.78 is 10.6. The number of ether oxygens (including phenoxy) is 2. The first-order chi connectivity index (χ1) is 8.83. The summed E-state index contributed by atoms with van der Waals surface area (Å²) in [7, 11) is 0. The van der Waals surface area contributed by atoms with Crippen LogP contribution in [0.4, 0.5) is 0 Å². The summed E-state index contributed by atoms with van der Waals surface area (Å²) in [6.45, 7) is 1.86. The molecule has 0 radical (unpaired) electrons. The molecule has 2 heterocycles. The first kappa shape index (κ1) is 11.8. The molecule has 1 aliphatic rings. The van der Waals surface area contributed by atoms with Crippen LogP contribution < -0.4 is 14.8 Å². The lowest BCUT2D eigenvalue weighted by Crippen LogP contribution is -2.12. The Morgan fingerprint density at radius 2 is 2.11 bits per heavy atom. The molecule has 0 spiro atoms. The van der Waals surface area contributed by atoms with Crippen molar-refractivity contribution in [2.45, 2.75) is 13.1 Å². The summed E-state index contributed by atoms with van der Waals surface area (Å²) >= 11 is 7.83. The average Bonchev–Trinajstić information content (AvgIpc) is 2.99. The molecule has 2 aromatic rings. The van der Waals surface area contributed by atoms with Crippen molar-refractivity contribution < 1.29 is 9.47 Å². The minimum absolute atomic E-state index is 0.251. The zero-order valence-corrected chi connectivity index (χ0v) is 11.2. The van der Waals surface area contributed by atoms with E-state index in [0.717, 1.165) is 24.4 Å². The van der Waals surface area contributed by atoms with Gasteiger partial charge in [0.25, 0.3) is 0 Å². The molecule has 3 rings (SSSR count). The highest BCUT2D eigenvalue weighted by molar-refractivity contribution is 7.07. The third-order valence-electron chi connectivity index (χ3n) is 2.73. The van der Waals surface area contributed by atoms with Gasteiger partial charge in [0.15, 0.2) is 11.5 Å². The second kappa shape index (κ2) is 5.18. The highest BCUT2D eigenvalue weighted by Gasteiger charge is 2.17. The van der Waals surface area contributed by atoms with Crippen molar-refractivity contribution in [2.75, 3.05) is 6.79 Å². The topological polar surface area (TPSA) is 30.5 Å². The third kappa shape index (κ3) is 2.46. The Bertz CT molecular complexity index is 542. The van der Waals surface area contributed by atoms with E-state index in [0.29, 0.717) is 10.8 Å². The van der Waals surface area contributed by atoms with Gasteiger partial charge in [0, 0.05) is 13.1 Å². The molecule has 18 heavy (non-hydrogen) atoms. The molecule has 0 saturated carbocycles. The van der Waals surface area contributed by atoms with Gasteiger partial charge in [0.1, 0.15) is 0 Å². The highest BCUT2D eigenvalue weighted by Crippen LogP contribution is 2.39. The molecule has 0 amide bonds. The van der Waals surface area contributed by atoms with Crippen LogP contribution in [0.3, 0.4) is 0 Å². The monoisotopic (exact) mass is 281 g/mol. The van der Waals surface area contributed by atoms with Crippen LogP contribution in [-0.2, 0) is 13.1 Å². The number of thiophene rings is 1. The summed E-state index contributed by atoms with van der Waals surface area (Å²) in [6, 6.07) is 5.99. The largest absolute Gasteiger partial charge is 0.454 e.